The Morgan fingerprint density at radius 2 is 1.84 bits per heavy atom. The number of anilines is 1. The highest BCUT2D eigenvalue weighted by Crippen LogP contribution is 2.47. The van der Waals surface area contributed by atoms with Crippen LogP contribution < -0.4 is 9.64 Å². The van der Waals surface area contributed by atoms with Crippen LogP contribution in [0.3, 0.4) is 0 Å². The van der Waals surface area contributed by atoms with Gasteiger partial charge in [-0.2, -0.15) is 0 Å². The quantitative estimate of drug-likeness (QED) is 0.629. The number of amides is 1. The van der Waals surface area contributed by atoms with E-state index < -0.39 is 0 Å². The first-order valence-corrected chi connectivity index (χ1v) is 9.36. The Hall–Kier alpha value is -2.17. The van der Waals surface area contributed by atoms with Gasteiger partial charge in [-0.25, -0.2) is 0 Å². The fraction of sp³-hybridized carbons (Fsp3) is 0.150. The van der Waals surface area contributed by atoms with E-state index in [9.17, 15) is 4.79 Å². The Bertz CT molecular complexity index is 942. The van der Waals surface area contributed by atoms with E-state index in [4.69, 9.17) is 16.3 Å². The van der Waals surface area contributed by atoms with Gasteiger partial charge in [-0.1, -0.05) is 41.9 Å². The van der Waals surface area contributed by atoms with Crippen molar-refractivity contribution in [3.63, 3.8) is 0 Å². The van der Waals surface area contributed by atoms with Crippen molar-refractivity contribution in [3.05, 3.63) is 71.2 Å². The molecular formula is C20H16ClNO2S. The summed E-state index contributed by atoms with van der Waals surface area (Å²) >= 11 is 7.62. The van der Waals surface area contributed by atoms with E-state index in [1.54, 1.807) is 18.9 Å². The van der Waals surface area contributed by atoms with Crippen molar-refractivity contribution in [2.75, 3.05) is 17.8 Å². The number of nitrogens with zero attached hydrogens (tertiary/aromatic N) is 1. The van der Waals surface area contributed by atoms with Crippen LogP contribution in [0.5, 0.6) is 5.75 Å². The number of hydrogen-bond acceptors (Lipinski definition) is 3. The SMILES string of the molecule is COc1ccc2ccccc2c1[C@H]1SCC(=O)N1c1ccc(Cl)cc1. The van der Waals surface area contributed by atoms with Gasteiger partial charge < -0.3 is 4.74 Å². The average Bonchev–Trinajstić information content (AvgIpc) is 3.02. The van der Waals surface area contributed by atoms with E-state index in [1.807, 2.05) is 53.4 Å². The fourth-order valence-electron chi connectivity index (χ4n) is 3.23. The molecule has 3 aromatic rings. The van der Waals surface area contributed by atoms with Crippen LogP contribution in [-0.2, 0) is 4.79 Å². The standard InChI is InChI=1S/C20H16ClNO2S/c1-24-17-11-6-13-4-2-3-5-16(13)19(17)20-22(18(23)12-25-20)15-9-7-14(21)8-10-15/h2-11,20H,12H2,1H3/t20-/m1/s1. The molecule has 0 aliphatic carbocycles. The van der Waals surface area contributed by atoms with E-state index in [1.165, 1.54) is 0 Å². The third-order valence-corrected chi connectivity index (χ3v) is 5.80. The van der Waals surface area contributed by atoms with Crippen LogP contribution in [0.4, 0.5) is 5.69 Å². The summed E-state index contributed by atoms with van der Waals surface area (Å²) in [6, 6.07) is 19.6. The summed E-state index contributed by atoms with van der Waals surface area (Å²) in [6.45, 7) is 0. The molecule has 0 spiro atoms. The third-order valence-electron chi connectivity index (χ3n) is 4.37. The normalized spacial score (nSPS) is 17.3. The molecular weight excluding hydrogens is 354 g/mol. The number of carbonyl (C=O) groups excluding carboxylic acids is 1. The van der Waals surface area contributed by atoms with Gasteiger partial charge in [-0.05, 0) is 41.1 Å². The van der Waals surface area contributed by atoms with Gasteiger partial charge in [0.1, 0.15) is 11.1 Å². The van der Waals surface area contributed by atoms with Crippen molar-refractivity contribution in [1.82, 2.24) is 0 Å². The lowest BCUT2D eigenvalue weighted by Gasteiger charge is -2.26. The van der Waals surface area contributed by atoms with Gasteiger partial charge in [0.15, 0.2) is 0 Å². The minimum absolute atomic E-state index is 0.0901. The van der Waals surface area contributed by atoms with Gasteiger partial charge in [0.25, 0.3) is 0 Å². The molecule has 0 radical (unpaired) electrons. The monoisotopic (exact) mass is 369 g/mol. The van der Waals surface area contributed by atoms with Crippen LogP contribution >= 0.6 is 23.4 Å². The van der Waals surface area contributed by atoms with E-state index in [0.717, 1.165) is 27.8 Å². The van der Waals surface area contributed by atoms with Crippen LogP contribution in [-0.4, -0.2) is 18.8 Å². The number of carbonyl (C=O) groups is 1. The maximum atomic E-state index is 12.6. The summed E-state index contributed by atoms with van der Waals surface area (Å²) in [5.74, 6) is 1.33. The van der Waals surface area contributed by atoms with Crippen LogP contribution in [0.15, 0.2) is 60.7 Å². The summed E-state index contributed by atoms with van der Waals surface area (Å²) < 4.78 is 5.63. The molecule has 0 aromatic heterocycles. The number of hydrogen-bond donors (Lipinski definition) is 0. The Morgan fingerprint density at radius 3 is 2.60 bits per heavy atom. The lowest BCUT2D eigenvalue weighted by Crippen LogP contribution is -2.28. The van der Waals surface area contributed by atoms with E-state index in [-0.39, 0.29) is 11.3 Å². The molecule has 1 saturated heterocycles. The molecule has 3 aromatic carbocycles. The Morgan fingerprint density at radius 1 is 1.08 bits per heavy atom. The molecule has 0 N–H and O–H groups in total. The molecule has 4 rings (SSSR count). The maximum absolute atomic E-state index is 12.6. The number of methoxy groups -OCH3 is 1. The molecule has 1 aliphatic rings. The van der Waals surface area contributed by atoms with E-state index in [2.05, 4.69) is 12.1 Å². The summed E-state index contributed by atoms with van der Waals surface area (Å²) in [6.07, 6.45) is 0. The Labute approximate surface area is 155 Å². The van der Waals surface area contributed by atoms with Gasteiger partial charge in [-0.3, -0.25) is 9.69 Å². The second kappa shape index (κ2) is 6.62. The first-order chi connectivity index (χ1) is 12.2. The lowest BCUT2D eigenvalue weighted by molar-refractivity contribution is -0.115. The minimum Gasteiger partial charge on any atom is -0.496 e. The molecule has 3 nitrogen and oxygen atoms in total. The number of ether oxygens (including phenoxy) is 1. The molecule has 0 saturated carbocycles. The summed E-state index contributed by atoms with van der Waals surface area (Å²) in [7, 11) is 1.67. The molecule has 1 heterocycles. The average molecular weight is 370 g/mol. The van der Waals surface area contributed by atoms with E-state index >= 15 is 0 Å². The number of rotatable bonds is 3. The Kier molecular flexibility index (Phi) is 4.32. The van der Waals surface area contributed by atoms with Crippen molar-refractivity contribution in [1.29, 1.82) is 0 Å². The van der Waals surface area contributed by atoms with E-state index in [0.29, 0.717) is 10.8 Å². The number of fused-ring (bicyclic) bond motifs is 1. The first-order valence-electron chi connectivity index (χ1n) is 7.94. The van der Waals surface area contributed by atoms with Crippen LogP contribution in [0, 0.1) is 0 Å². The van der Waals surface area contributed by atoms with Crippen molar-refractivity contribution >= 4 is 45.7 Å². The molecule has 1 aliphatic heterocycles. The van der Waals surface area contributed by atoms with Crippen molar-refractivity contribution in [3.8, 4) is 5.75 Å². The molecule has 25 heavy (non-hydrogen) atoms. The zero-order chi connectivity index (χ0) is 17.4. The third kappa shape index (κ3) is 2.86. The van der Waals surface area contributed by atoms with Crippen molar-refractivity contribution in [2.45, 2.75) is 5.37 Å². The van der Waals surface area contributed by atoms with Gasteiger partial charge in [-0.15, -0.1) is 11.8 Å². The number of halogens is 1. The molecule has 5 heteroatoms. The highest BCUT2D eigenvalue weighted by molar-refractivity contribution is 8.00. The largest absolute Gasteiger partial charge is 0.496 e. The topological polar surface area (TPSA) is 29.5 Å². The first kappa shape index (κ1) is 16.3. The minimum atomic E-state index is -0.130. The van der Waals surface area contributed by atoms with Gasteiger partial charge in [0.05, 0.1) is 12.9 Å². The van der Waals surface area contributed by atoms with Crippen LogP contribution in [0.1, 0.15) is 10.9 Å². The Balaban J connectivity index is 1.89. The number of thioether (sulfide) groups is 1. The summed E-state index contributed by atoms with van der Waals surface area (Å²) in [4.78, 5) is 14.4. The van der Waals surface area contributed by atoms with Gasteiger partial charge in [0.2, 0.25) is 5.91 Å². The lowest BCUT2D eigenvalue weighted by atomic mass is 10.0. The van der Waals surface area contributed by atoms with Gasteiger partial charge >= 0.3 is 0 Å². The highest BCUT2D eigenvalue weighted by atomic mass is 35.5. The number of benzene rings is 3. The molecule has 1 fully saturated rings. The second-order valence-corrected chi connectivity index (χ2v) is 7.31. The smallest absolute Gasteiger partial charge is 0.238 e. The molecule has 0 unspecified atom stereocenters. The molecule has 1 amide bonds. The summed E-state index contributed by atoms with van der Waals surface area (Å²) in [5.41, 5.74) is 1.88. The van der Waals surface area contributed by atoms with Crippen molar-refractivity contribution in [2.24, 2.45) is 0 Å². The molecule has 0 bridgehead atoms. The summed E-state index contributed by atoms with van der Waals surface area (Å²) in [5, 5.41) is 2.76. The zero-order valence-corrected chi connectivity index (χ0v) is 15.2. The predicted molar refractivity (Wildman–Crippen MR) is 105 cm³/mol. The highest BCUT2D eigenvalue weighted by Gasteiger charge is 2.36. The zero-order valence-electron chi connectivity index (χ0n) is 13.6. The van der Waals surface area contributed by atoms with Crippen LogP contribution in [0.25, 0.3) is 10.8 Å². The van der Waals surface area contributed by atoms with Gasteiger partial charge in [0, 0.05) is 16.3 Å². The fourth-order valence-corrected chi connectivity index (χ4v) is 4.59. The predicted octanol–water partition coefficient (Wildman–Crippen LogP) is 5.28. The maximum Gasteiger partial charge on any atom is 0.238 e. The molecule has 1 atom stereocenters. The van der Waals surface area contributed by atoms with Crippen molar-refractivity contribution < 1.29 is 9.53 Å². The second-order valence-electron chi connectivity index (χ2n) is 5.81. The molecule has 126 valence electrons. The van der Waals surface area contributed by atoms with Crippen LogP contribution in [0.2, 0.25) is 5.02 Å².